The molecule has 5 rings (SSSR count). The van der Waals surface area contributed by atoms with Crippen LogP contribution in [0.25, 0.3) is 0 Å². The number of nitrogens with zero attached hydrogens (tertiary/aromatic N) is 2. The highest BCUT2D eigenvalue weighted by molar-refractivity contribution is 5.92. The van der Waals surface area contributed by atoms with Crippen LogP contribution >= 0.6 is 0 Å². The predicted octanol–water partition coefficient (Wildman–Crippen LogP) is 2.23. The zero-order valence-corrected chi connectivity index (χ0v) is 21.5. The molecule has 2 bridgehead atoms. The Morgan fingerprint density at radius 1 is 1.05 bits per heavy atom. The molecule has 11 heteroatoms. The molecule has 2 atom stereocenters. The summed E-state index contributed by atoms with van der Waals surface area (Å²) in [5.74, 6) is -0.792. The molecular weight excluding hydrogens is 478 g/mol. The van der Waals surface area contributed by atoms with Crippen LogP contribution in [0.4, 0.5) is 9.59 Å². The third kappa shape index (κ3) is 5.22. The van der Waals surface area contributed by atoms with Gasteiger partial charge in [-0.05, 0) is 63.9 Å². The minimum absolute atomic E-state index is 0.0870. The number of hydrogen-bond acceptors (Lipinski definition) is 6. The van der Waals surface area contributed by atoms with Crippen molar-refractivity contribution in [2.24, 2.45) is 10.8 Å². The van der Waals surface area contributed by atoms with E-state index in [-0.39, 0.29) is 36.5 Å². The first-order valence-corrected chi connectivity index (χ1v) is 12.9. The molecule has 2 heterocycles. The number of ether oxygens (including phenoxy) is 1. The van der Waals surface area contributed by atoms with Gasteiger partial charge in [0, 0.05) is 13.1 Å². The van der Waals surface area contributed by atoms with Crippen molar-refractivity contribution in [3.05, 3.63) is 35.9 Å². The molecule has 37 heavy (non-hydrogen) atoms. The van der Waals surface area contributed by atoms with Gasteiger partial charge in [-0.15, -0.1) is 0 Å². The number of benzene rings is 1. The van der Waals surface area contributed by atoms with Crippen molar-refractivity contribution in [3.63, 3.8) is 0 Å². The number of piperidine rings is 1. The van der Waals surface area contributed by atoms with Crippen molar-refractivity contribution in [1.29, 1.82) is 0 Å². The molecule has 0 radical (unpaired) electrons. The van der Waals surface area contributed by atoms with E-state index in [1.807, 2.05) is 30.3 Å². The molecule has 4 aliphatic rings. The summed E-state index contributed by atoms with van der Waals surface area (Å²) in [7, 11) is 0. The van der Waals surface area contributed by atoms with Gasteiger partial charge in [0.25, 0.3) is 5.91 Å². The van der Waals surface area contributed by atoms with Crippen LogP contribution in [-0.2, 0) is 25.8 Å². The fourth-order valence-corrected chi connectivity index (χ4v) is 5.25. The normalized spacial score (nSPS) is 24.5. The maximum absolute atomic E-state index is 13.2. The minimum Gasteiger partial charge on any atom is -0.444 e. The van der Waals surface area contributed by atoms with Gasteiger partial charge in [0.2, 0.25) is 5.91 Å². The van der Waals surface area contributed by atoms with Gasteiger partial charge in [0.05, 0.1) is 11.5 Å². The number of amides is 5. The van der Waals surface area contributed by atoms with Gasteiger partial charge in [-0.2, -0.15) is 5.06 Å². The van der Waals surface area contributed by atoms with Crippen LogP contribution in [0.15, 0.2) is 30.3 Å². The number of urea groups is 1. The summed E-state index contributed by atoms with van der Waals surface area (Å²) >= 11 is 0. The second kappa shape index (κ2) is 9.20. The number of rotatable bonds is 7. The second-order valence-electron chi connectivity index (χ2n) is 11.7. The van der Waals surface area contributed by atoms with Gasteiger partial charge in [-0.25, -0.2) is 9.59 Å². The Hall–Kier alpha value is -3.34. The summed E-state index contributed by atoms with van der Waals surface area (Å²) < 4.78 is 5.23. The van der Waals surface area contributed by atoms with Gasteiger partial charge < -0.3 is 15.0 Å². The predicted molar refractivity (Wildman–Crippen MR) is 131 cm³/mol. The third-order valence-corrected chi connectivity index (χ3v) is 7.78. The molecule has 11 nitrogen and oxygen atoms in total. The van der Waals surface area contributed by atoms with Crippen molar-refractivity contribution in [2.45, 2.75) is 77.2 Å². The molecule has 0 aromatic heterocycles. The van der Waals surface area contributed by atoms with Crippen molar-refractivity contribution in [1.82, 2.24) is 26.1 Å². The number of fused-ring (bicyclic) bond motifs is 3. The van der Waals surface area contributed by atoms with Crippen LogP contribution < -0.4 is 16.2 Å². The monoisotopic (exact) mass is 513 g/mol. The van der Waals surface area contributed by atoms with E-state index in [9.17, 15) is 19.2 Å². The summed E-state index contributed by atoms with van der Waals surface area (Å²) in [6.07, 6.45) is 2.99. The van der Waals surface area contributed by atoms with E-state index in [0.717, 1.165) is 18.4 Å². The lowest BCUT2D eigenvalue weighted by atomic mass is 9.85. The number of hydrazine groups is 1. The average Bonchev–Trinajstić information content (AvgIpc) is 3.78. The first-order valence-electron chi connectivity index (χ1n) is 12.9. The number of carbonyl (C=O) groups excluding carboxylic acids is 4. The topological polar surface area (TPSA) is 129 Å². The lowest BCUT2D eigenvalue weighted by Crippen LogP contribution is -2.57. The fraction of sp³-hybridized carbons (Fsp3) is 0.615. The smallest absolute Gasteiger partial charge is 0.407 e. The number of carbonyl (C=O) groups is 4. The Morgan fingerprint density at radius 3 is 2.38 bits per heavy atom. The van der Waals surface area contributed by atoms with E-state index in [0.29, 0.717) is 25.8 Å². The van der Waals surface area contributed by atoms with Gasteiger partial charge in [0.1, 0.15) is 18.2 Å². The van der Waals surface area contributed by atoms with Crippen LogP contribution in [0, 0.1) is 10.8 Å². The second-order valence-corrected chi connectivity index (χ2v) is 11.7. The van der Waals surface area contributed by atoms with Gasteiger partial charge in [-0.3, -0.25) is 25.3 Å². The Kier molecular flexibility index (Phi) is 6.29. The zero-order valence-electron chi connectivity index (χ0n) is 21.5. The molecule has 2 aliphatic heterocycles. The summed E-state index contributed by atoms with van der Waals surface area (Å²) in [6, 6.07) is 8.54. The quantitative estimate of drug-likeness (QED) is 0.480. The highest BCUT2D eigenvalue weighted by Crippen LogP contribution is 2.59. The van der Waals surface area contributed by atoms with Gasteiger partial charge in [0.15, 0.2) is 0 Å². The van der Waals surface area contributed by atoms with E-state index in [1.165, 1.54) is 9.96 Å². The molecule has 0 unspecified atom stereocenters. The third-order valence-electron chi connectivity index (χ3n) is 7.78. The van der Waals surface area contributed by atoms with Crippen molar-refractivity contribution < 1.29 is 28.8 Å². The van der Waals surface area contributed by atoms with E-state index in [4.69, 9.17) is 9.57 Å². The van der Waals surface area contributed by atoms with E-state index >= 15 is 0 Å². The van der Waals surface area contributed by atoms with Gasteiger partial charge in [-0.1, -0.05) is 30.3 Å². The van der Waals surface area contributed by atoms with E-state index in [1.54, 1.807) is 20.8 Å². The molecule has 5 amide bonds. The standard InChI is InChI=1S/C26H35N5O6/c1-24(2,3)37-22(34)27-16-26(11-12-26)21(33)29-28-20(32)18-13-25(9-10-25)19-14-30(18)23(35)31(19)36-15-17-7-5-4-6-8-17/h4-8,18-19H,9-16H2,1-3H3,(H,27,34)(H,28,32)(H,29,33)/t18-,19+/m0/s1. The highest BCUT2D eigenvalue weighted by atomic mass is 16.7. The molecule has 2 saturated carbocycles. The summed E-state index contributed by atoms with van der Waals surface area (Å²) in [5.41, 5.74) is 4.47. The van der Waals surface area contributed by atoms with Crippen LogP contribution in [-0.4, -0.2) is 64.7 Å². The van der Waals surface area contributed by atoms with E-state index in [2.05, 4.69) is 16.2 Å². The van der Waals surface area contributed by atoms with Crippen molar-refractivity contribution in [2.75, 3.05) is 13.1 Å². The molecule has 3 N–H and O–H groups in total. The van der Waals surface area contributed by atoms with E-state index < -0.39 is 29.1 Å². The first-order chi connectivity index (χ1) is 17.5. The summed E-state index contributed by atoms with van der Waals surface area (Å²) in [6.45, 7) is 6.11. The first kappa shape index (κ1) is 25.3. The van der Waals surface area contributed by atoms with Crippen LogP contribution in [0.1, 0.15) is 58.4 Å². The van der Waals surface area contributed by atoms with Crippen LogP contribution in [0.2, 0.25) is 0 Å². The molecule has 2 saturated heterocycles. The number of alkyl carbamates (subject to hydrolysis) is 1. The molecule has 2 aliphatic carbocycles. The molecule has 1 aromatic rings. The Labute approximate surface area is 216 Å². The zero-order chi connectivity index (χ0) is 26.4. The number of nitrogens with one attached hydrogen (secondary N) is 3. The molecule has 4 fully saturated rings. The average molecular weight is 514 g/mol. The molecule has 1 aromatic carbocycles. The van der Waals surface area contributed by atoms with Crippen LogP contribution in [0.3, 0.4) is 0 Å². The van der Waals surface area contributed by atoms with Crippen molar-refractivity contribution >= 4 is 23.9 Å². The highest BCUT2D eigenvalue weighted by Gasteiger charge is 2.64. The van der Waals surface area contributed by atoms with Gasteiger partial charge >= 0.3 is 12.1 Å². The van der Waals surface area contributed by atoms with Crippen LogP contribution in [0.5, 0.6) is 0 Å². The number of hydroxylamine groups is 2. The SMILES string of the molecule is CC(C)(C)OC(=O)NCC1(C(=O)NNC(=O)[C@@H]2CC3(CC3)[C@H]3CN2C(=O)N3OCc2ccccc2)CC1. The summed E-state index contributed by atoms with van der Waals surface area (Å²) in [4.78, 5) is 58.6. The molecule has 200 valence electrons. The lowest BCUT2D eigenvalue weighted by molar-refractivity contribution is -0.153. The lowest BCUT2D eigenvalue weighted by Gasteiger charge is -2.35. The largest absolute Gasteiger partial charge is 0.444 e. The maximum atomic E-state index is 13.2. The minimum atomic E-state index is -0.773. The Morgan fingerprint density at radius 2 is 1.76 bits per heavy atom. The molecular formula is C26H35N5O6. The number of hydrogen-bond donors (Lipinski definition) is 3. The Balaban J connectivity index is 1.15. The fourth-order valence-electron chi connectivity index (χ4n) is 5.25. The maximum Gasteiger partial charge on any atom is 0.407 e. The molecule has 1 spiro atoms. The Bertz CT molecular complexity index is 1080. The van der Waals surface area contributed by atoms with Crippen molar-refractivity contribution in [3.8, 4) is 0 Å². The summed E-state index contributed by atoms with van der Waals surface area (Å²) in [5, 5.41) is 4.09.